The second-order valence-corrected chi connectivity index (χ2v) is 7.37. The molecule has 1 aliphatic heterocycles. The monoisotopic (exact) mass is 402 g/mol. The van der Waals surface area contributed by atoms with Crippen LogP contribution < -0.4 is 14.5 Å². The standard InChI is InChI=1S/C19H18N2O6S/c1-12-16(10-13-4-9-17(26-2)18(11-13)27-3)19(22)21(20-12)14-5-7-15(8-6-14)28(23,24)25/h4-11H,1-3H3,(H,23,24,25)/b16-10+. The Morgan fingerprint density at radius 2 is 1.68 bits per heavy atom. The van der Waals surface area contributed by atoms with Gasteiger partial charge in [-0.15, -0.1) is 0 Å². The molecule has 8 nitrogen and oxygen atoms in total. The van der Waals surface area contributed by atoms with Crippen molar-refractivity contribution in [2.24, 2.45) is 5.10 Å². The molecular formula is C19H18N2O6S. The van der Waals surface area contributed by atoms with E-state index in [1.54, 1.807) is 38.3 Å². The molecule has 1 N–H and O–H groups in total. The summed E-state index contributed by atoms with van der Waals surface area (Å²) in [4.78, 5) is 12.5. The van der Waals surface area contributed by atoms with Gasteiger partial charge >= 0.3 is 0 Å². The number of carbonyl (C=O) groups excluding carboxylic acids is 1. The SMILES string of the molecule is COc1ccc(/C=C2/C(=O)N(c3ccc(S(=O)(=O)O)cc3)N=C2C)cc1OC. The van der Waals surface area contributed by atoms with Crippen molar-refractivity contribution in [2.75, 3.05) is 19.2 Å². The van der Waals surface area contributed by atoms with Crippen molar-refractivity contribution in [3.05, 3.63) is 53.6 Å². The number of ether oxygens (including phenoxy) is 2. The average Bonchev–Trinajstić information content (AvgIpc) is 2.95. The molecule has 0 saturated carbocycles. The lowest BCUT2D eigenvalue weighted by atomic mass is 10.1. The van der Waals surface area contributed by atoms with E-state index in [4.69, 9.17) is 14.0 Å². The first-order valence-electron chi connectivity index (χ1n) is 8.16. The van der Waals surface area contributed by atoms with E-state index in [0.717, 1.165) is 5.56 Å². The number of anilines is 1. The third-order valence-electron chi connectivity index (χ3n) is 4.16. The number of benzene rings is 2. The Bertz CT molecular complexity index is 1090. The van der Waals surface area contributed by atoms with Crippen molar-refractivity contribution in [3.8, 4) is 11.5 Å². The van der Waals surface area contributed by atoms with Crippen LogP contribution in [0.3, 0.4) is 0 Å². The van der Waals surface area contributed by atoms with E-state index in [1.807, 2.05) is 0 Å². The van der Waals surface area contributed by atoms with Gasteiger partial charge in [-0.25, -0.2) is 0 Å². The number of hydrogen-bond donors (Lipinski definition) is 1. The summed E-state index contributed by atoms with van der Waals surface area (Å²) >= 11 is 0. The van der Waals surface area contributed by atoms with Crippen LogP contribution in [-0.2, 0) is 14.9 Å². The number of carbonyl (C=O) groups is 1. The Morgan fingerprint density at radius 3 is 2.25 bits per heavy atom. The molecule has 0 fully saturated rings. The molecule has 9 heteroatoms. The number of methoxy groups -OCH3 is 2. The van der Waals surface area contributed by atoms with Crippen LogP contribution in [0, 0.1) is 0 Å². The van der Waals surface area contributed by atoms with E-state index < -0.39 is 10.1 Å². The highest BCUT2D eigenvalue weighted by molar-refractivity contribution is 7.85. The zero-order chi connectivity index (χ0) is 20.5. The molecule has 0 bridgehead atoms. The second kappa shape index (κ2) is 7.45. The summed E-state index contributed by atoms with van der Waals surface area (Å²) in [6.07, 6.45) is 1.69. The summed E-state index contributed by atoms with van der Waals surface area (Å²) in [5, 5.41) is 5.43. The zero-order valence-corrected chi connectivity index (χ0v) is 16.2. The van der Waals surface area contributed by atoms with E-state index in [2.05, 4.69) is 5.10 Å². The fourth-order valence-corrected chi connectivity index (χ4v) is 3.21. The molecule has 3 rings (SSSR count). The summed E-state index contributed by atoms with van der Waals surface area (Å²) in [7, 11) is -1.24. The molecule has 1 aliphatic rings. The Kier molecular flexibility index (Phi) is 5.21. The van der Waals surface area contributed by atoms with Crippen molar-refractivity contribution >= 4 is 33.5 Å². The van der Waals surface area contributed by atoms with E-state index in [0.29, 0.717) is 28.5 Å². The number of nitrogens with zero attached hydrogens (tertiary/aromatic N) is 2. The zero-order valence-electron chi connectivity index (χ0n) is 15.4. The lowest BCUT2D eigenvalue weighted by molar-refractivity contribution is -0.114. The highest BCUT2D eigenvalue weighted by Crippen LogP contribution is 2.30. The largest absolute Gasteiger partial charge is 0.493 e. The normalized spacial score (nSPS) is 15.7. The number of rotatable bonds is 5. The first-order chi connectivity index (χ1) is 13.2. The Hall–Kier alpha value is -3.17. The minimum absolute atomic E-state index is 0.260. The van der Waals surface area contributed by atoms with Crippen LogP contribution in [0.1, 0.15) is 12.5 Å². The topological polar surface area (TPSA) is 106 Å². The third kappa shape index (κ3) is 3.75. The van der Waals surface area contributed by atoms with Gasteiger partial charge in [0.05, 0.1) is 36.1 Å². The Balaban J connectivity index is 1.92. The predicted octanol–water partition coefficient (Wildman–Crippen LogP) is 2.76. The highest BCUT2D eigenvalue weighted by atomic mass is 32.2. The molecule has 0 atom stereocenters. The first-order valence-corrected chi connectivity index (χ1v) is 9.60. The molecule has 1 amide bonds. The van der Waals surface area contributed by atoms with Gasteiger partial charge < -0.3 is 9.47 Å². The van der Waals surface area contributed by atoms with Gasteiger partial charge in [-0.2, -0.15) is 18.5 Å². The lowest BCUT2D eigenvalue weighted by Gasteiger charge is -2.12. The average molecular weight is 402 g/mol. The van der Waals surface area contributed by atoms with Crippen LogP contribution in [0.2, 0.25) is 0 Å². The van der Waals surface area contributed by atoms with Gasteiger partial charge in [0, 0.05) is 0 Å². The number of amides is 1. The molecular weight excluding hydrogens is 384 g/mol. The molecule has 28 heavy (non-hydrogen) atoms. The fraction of sp³-hybridized carbons (Fsp3) is 0.158. The molecule has 2 aromatic rings. The van der Waals surface area contributed by atoms with E-state index in [1.165, 1.54) is 36.4 Å². The maximum absolute atomic E-state index is 12.8. The van der Waals surface area contributed by atoms with E-state index in [-0.39, 0.29) is 10.8 Å². The van der Waals surface area contributed by atoms with Crippen LogP contribution in [-0.4, -0.2) is 38.8 Å². The Morgan fingerprint density at radius 1 is 1.04 bits per heavy atom. The predicted molar refractivity (Wildman–Crippen MR) is 104 cm³/mol. The molecule has 1 heterocycles. The molecule has 0 aliphatic carbocycles. The summed E-state index contributed by atoms with van der Waals surface area (Å²) in [5.41, 5.74) is 2.02. The van der Waals surface area contributed by atoms with Gasteiger partial charge in [0.15, 0.2) is 11.5 Å². The Labute approximate surface area is 162 Å². The minimum atomic E-state index is -4.30. The van der Waals surface area contributed by atoms with Crippen molar-refractivity contribution in [3.63, 3.8) is 0 Å². The van der Waals surface area contributed by atoms with Crippen molar-refractivity contribution < 1.29 is 27.2 Å². The maximum atomic E-state index is 12.8. The quantitative estimate of drug-likeness (QED) is 0.609. The molecule has 0 aromatic heterocycles. The number of hydrogen-bond acceptors (Lipinski definition) is 6. The summed E-state index contributed by atoms with van der Waals surface area (Å²) in [5.74, 6) is 0.759. The van der Waals surface area contributed by atoms with E-state index in [9.17, 15) is 13.2 Å². The summed E-state index contributed by atoms with van der Waals surface area (Å²) in [6, 6.07) is 10.5. The van der Waals surface area contributed by atoms with Gasteiger partial charge in [0.2, 0.25) is 0 Å². The van der Waals surface area contributed by atoms with Gasteiger partial charge in [0.25, 0.3) is 16.0 Å². The minimum Gasteiger partial charge on any atom is -0.493 e. The number of hydrazone groups is 1. The van der Waals surface area contributed by atoms with Gasteiger partial charge in [0.1, 0.15) is 0 Å². The molecule has 2 aromatic carbocycles. The van der Waals surface area contributed by atoms with Crippen molar-refractivity contribution in [1.29, 1.82) is 0 Å². The fourth-order valence-electron chi connectivity index (χ4n) is 2.73. The van der Waals surface area contributed by atoms with Crippen LogP contribution >= 0.6 is 0 Å². The molecule has 0 unspecified atom stereocenters. The van der Waals surface area contributed by atoms with Crippen molar-refractivity contribution in [1.82, 2.24) is 0 Å². The van der Waals surface area contributed by atoms with Gasteiger partial charge in [-0.3, -0.25) is 9.35 Å². The van der Waals surface area contributed by atoms with Crippen LogP contribution in [0.15, 0.2) is 58.0 Å². The third-order valence-corrected chi connectivity index (χ3v) is 5.03. The maximum Gasteiger partial charge on any atom is 0.294 e. The summed E-state index contributed by atoms with van der Waals surface area (Å²) in [6.45, 7) is 1.71. The summed E-state index contributed by atoms with van der Waals surface area (Å²) < 4.78 is 41.9. The van der Waals surface area contributed by atoms with Gasteiger partial charge in [-0.1, -0.05) is 6.07 Å². The van der Waals surface area contributed by atoms with Crippen LogP contribution in [0.5, 0.6) is 11.5 Å². The van der Waals surface area contributed by atoms with Crippen LogP contribution in [0.25, 0.3) is 6.08 Å². The second-order valence-electron chi connectivity index (χ2n) is 5.94. The molecule has 0 radical (unpaired) electrons. The molecule has 0 saturated heterocycles. The highest BCUT2D eigenvalue weighted by Gasteiger charge is 2.29. The van der Waals surface area contributed by atoms with Crippen LogP contribution in [0.4, 0.5) is 5.69 Å². The van der Waals surface area contributed by atoms with Gasteiger partial charge in [-0.05, 0) is 55.0 Å². The molecule has 146 valence electrons. The van der Waals surface area contributed by atoms with E-state index >= 15 is 0 Å². The van der Waals surface area contributed by atoms with Crippen molar-refractivity contribution in [2.45, 2.75) is 11.8 Å². The first kappa shape index (κ1) is 19.6. The smallest absolute Gasteiger partial charge is 0.294 e. The lowest BCUT2D eigenvalue weighted by Crippen LogP contribution is -2.21. The molecule has 0 spiro atoms.